The number of unbranched alkanes of at least 4 members (excludes halogenated alkanes) is 31. The summed E-state index contributed by atoms with van der Waals surface area (Å²) in [6.45, 7) is 3.92. The Labute approximate surface area is 356 Å². The molecule has 0 saturated carbocycles. The third-order valence-corrected chi connectivity index (χ3v) is 11.7. The summed E-state index contributed by atoms with van der Waals surface area (Å²) >= 11 is 0. The van der Waals surface area contributed by atoms with Gasteiger partial charge in [0, 0.05) is 13.0 Å². The molecule has 4 N–H and O–H groups in total. The molecule has 0 bridgehead atoms. The van der Waals surface area contributed by atoms with E-state index in [1.54, 1.807) is 0 Å². The summed E-state index contributed by atoms with van der Waals surface area (Å²) in [6, 6.07) is -1.47. The van der Waals surface area contributed by atoms with Crippen LogP contribution in [0.5, 0.6) is 0 Å². The monoisotopic (exact) mass is 846 g/mol. The van der Waals surface area contributed by atoms with Crippen LogP contribution in [0.2, 0.25) is 0 Å². The van der Waals surface area contributed by atoms with Crippen LogP contribution in [-0.4, -0.2) is 60.5 Å². The van der Waals surface area contributed by atoms with E-state index < -0.39 is 45.1 Å². The molecule has 0 aromatic carbocycles. The highest BCUT2D eigenvalue weighted by Gasteiger charge is 2.27. The number of phosphoric acid groups is 1. The van der Waals surface area contributed by atoms with Crippen molar-refractivity contribution in [1.29, 1.82) is 0 Å². The Kier molecular flexibility index (Phi) is 42.8. The number of aliphatic carboxylic acids is 1. The standard InChI is InChI=1S/C47H92NO9P/c1-3-5-7-9-11-13-15-17-19-21-23-25-27-29-31-33-35-37-39-46(49)57-44(42-55-58(52,53)56-43-45(48)47(50)51)41-54-40-38-36-34-32-30-28-26-24-22-20-18-16-14-12-10-8-6-4-2/h18,20,44-45H,3-17,19,21-43,48H2,1-2H3,(H,50,51)(H,52,53)/b20-18-. The van der Waals surface area contributed by atoms with Crippen molar-refractivity contribution in [1.82, 2.24) is 0 Å². The van der Waals surface area contributed by atoms with Crippen LogP contribution >= 0.6 is 7.82 Å². The van der Waals surface area contributed by atoms with Crippen molar-refractivity contribution in [2.45, 2.75) is 251 Å². The zero-order valence-electron chi connectivity index (χ0n) is 37.7. The first-order valence-corrected chi connectivity index (χ1v) is 25.7. The highest BCUT2D eigenvalue weighted by Crippen LogP contribution is 2.43. The van der Waals surface area contributed by atoms with Gasteiger partial charge in [0.05, 0.1) is 19.8 Å². The molecular formula is C47H92NO9P. The molecule has 344 valence electrons. The van der Waals surface area contributed by atoms with Gasteiger partial charge in [0.1, 0.15) is 12.1 Å². The second-order valence-electron chi connectivity index (χ2n) is 16.6. The number of hydrogen-bond donors (Lipinski definition) is 3. The number of carbonyl (C=O) groups excluding carboxylic acids is 1. The molecule has 0 aliphatic carbocycles. The number of carboxylic acids is 1. The zero-order chi connectivity index (χ0) is 42.6. The van der Waals surface area contributed by atoms with Gasteiger partial charge in [-0.2, -0.15) is 0 Å². The Morgan fingerprint density at radius 1 is 0.534 bits per heavy atom. The Bertz CT molecular complexity index is 982. The number of esters is 1. The molecule has 0 fully saturated rings. The molecule has 0 radical (unpaired) electrons. The smallest absolute Gasteiger partial charge is 0.472 e. The SMILES string of the molecule is CCCCCCCC/C=C\CCCCCCCCCCOCC(COP(=O)(O)OCC(N)C(=O)O)OC(=O)CCCCCCCCCCCCCCCCCCCC. The minimum atomic E-state index is -4.61. The van der Waals surface area contributed by atoms with Crippen LogP contribution in [0, 0.1) is 0 Å². The number of nitrogens with two attached hydrogens (primary N) is 1. The fourth-order valence-corrected chi connectivity index (χ4v) is 7.79. The van der Waals surface area contributed by atoms with Crippen molar-refractivity contribution >= 4 is 19.8 Å². The largest absolute Gasteiger partial charge is 0.480 e. The van der Waals surface area contributed by atoms with Crippen LogP contribution in [0.15, 0.2) is 12.2 Å². The van der Waals surface area contributed by atoms with E-state index >= 15 is 0 Å². The van der Waals surface area contributed by atoms with E-state index in [0.29, 0.717) is 6.61 Å². The number of rotatable bonds is 47. The molecule has 0 aromatic heterocycles. The Morgan fingerprint density at radius 2 is 0.897 bits per heavy atom. The normalized spacial score (nSPS) is 13.9. The maximum atomic E-state index is 12.7. The molecule has 0 rings (SSSR count). The van der Waals surface area contributed by atoms with Crippen molar-refractivity contribution in [3.63, 3.8) is 0 Å². The first kappa shape index (κ1) is 56.7. The van der Waals surface area contributed by atoms with E-state index in [1.807, 2.05) is 0 Å². The van der Waals surface area contributed by atoms with Gasteiger partial charge in [-0.1, -0.05) is 206 Å². The summed E-state index contributed by atoms with van der Waals surface area (Å²) in [4.78, 5) is 33.6. The molecule has 0 saturated heterocycles. The Balaban J connectivity index is 4.14. The van der Waals surface area contributed by atoms with E-state index in [1.165, 1.54) is 180 Å². The van der Waals surface area contributed by atoms with Crippen LogP contribution in [0.25, 0.3) is 0 Å². The minimum Gasteiger partial charge on any atom is -0.480 e. The number of hydrogen-bond acceptors (Lipinski definition) is 8. The molecule has 10 nitrogen and oxygen atoms in total. The predicted octanol–water partition coefficient (Wildman–Crippen LogP) is 13.7. The van der Waals surface area contributed by atoms with Crippen molar-refractivity contribution in [2.24, 2.45) is 5.73 Å². The third kappa shape index (κ3) is 42.8. The lowest BCUT2D eigenvalue weighted by Gasteiger charge is -2.20. The van der Waals surface area contributed by atoms with E-state index in [2.05, 4.69) is 26.0 Å². The molecular weight excluding hydrogens is 753 g/mol. The van der Waals surface area contributed by atoms with Gasteiger partial charge in [-0.25, -0.2) is 4.57 Å². The molecule has 11 heteroatoms. The van der Waals surface area contributed by atoms with Crippen LogP contribution in [0.4, 0.5) is 0 Å². The second-order valence-corrected chi connectivity index (χ2v) is 18.1. The zero-order valence-corrected chi connectivity index (χ0v) is 38.6. The predicted molar refractivity (Wildman–Crippen MR) is 240 cm³/mol. The number of phosphoric ester groups is 1. The van der Waals surface area contributed by atoms with E-state index in [4.69, 9.17) is 29.4 Å². The summed E-state index contributed by atoms with van der Waals surface area (Å²) in [5, 5.41) is 8.91. The maximum absolute atomic E-state index is 12.7. The van der Waals surface area contributed by atoms with Crippen LogP contribution in [-0.2, 0) is 32.7 Å². The fourth-order valence-electron chi connectivity index (χ4n) is 7.01. The summed E-state index contributed by atoms with van der Waals surface area (Å²) in [6.07, 6.45) is 46.9. The average Bonchev–Trinajstić information content (AvgIpc) is 3.20. The van der Waals surface area contributed by atoms with Gasteiger partial charge in [0.15, 0.2) is 0 Å². The first-order valence-electron chi connectivity index (χ1n) is 24.2. The summed E-state index contributed by atoms with van der Waals surface area (Å²) in [7, 11) is -4.61. The van der Waals surface area contributed by atoms with Crippen molar-refractivity contribution in [3.8, 4) is 0 Å². The highest BCUT2D eigenvalue weighted by molar-refractivity contribution is 7.47. The van der Waals surface area contributed by atoms with Gasteiger partial charge in [-0.3, -0.25) is 18.6 Å². The number of carboxylic acid groups (broad SMARTS) is 1. The van der Waals surface area contributed by atoms with Gasteiger partial charge in [-0.15, -0.1) is 0 Å². The van der Waals surface area contributed by atoms with Gasteiger partial charge in [-0.05, 0) is 38.5 Å². The quantitative estimate of drug-likeness (QED) is 0.0233. The fraction of sp³-hybridized carbons (Fsp3) is 0.915. The summed E-state index contributed by atoms with van der Waals surface area (Å²) < 4.78 is 33.5. The van der Waals surface area contributed by atoms with Crippen LogP contribution in [0.3, 0.4) is 0 Å². The van der Waals surface area contributed by atoms with E-state index in [9.17, 15) is 19.0 Å². The number of allylic oxidation sites excluding steroid dienone is 2. The van der Waals surface area contributed by atoms with Gasteiger partial charge >= 0.3 is 19.8 Å². The molecule has 0 aromatic rings. The lowest BCUT2D eigenvalue weighted by atomic mass is 10.0. The molecule has 0 amide bonds. The molecule has 3 atom stereocenters. The van der Waals surface area contributed by atoms with E-state index in [0.717, 1.165) is 38.5 Å². The molecule has 0 heterocycles. The van der Waals surface area contributed by atoms with E-state index in [-0.39, 0.29) is 13.0 Å². The van der Waals surface area contributed by atoms with Gasteiger partial charge < -0.3 is 25.2 Å². The Hall–Kier alpha value is -1.29. The molecule has 0 spiro atoms. The second kappa shape index (κ2) is 43.8. The summed E-state index contributed by atoms with van der Waals surface area (Å²) in [5.74, 6) is -1.77. The lowest BCUT2D eigenvalue weighted by molar-refractivity contribution is -0.154. The summed E-state index contributed by atoms with van der Waals surface area (Å²) in [5.41, 5.74) is 5.37. The molecule has 0 aliphatic heterocycles. The molecule has 0 aliphatic rings. The van der Waals surface area contributed by atoms with Crippen LogP contribution < -0.4 is 5.73 Å². The third-order valence-electron chi connectivity index (χ3n) is 10.8. The molecule has 3 unspecified atom stereocenters. The van der Waals surface area contributed by atoms with Gasteiger partial charge in [0.25, 0.3) is 0 Å². The minimum absolute atomic E-state index is 0.0207. The topological polar surface area (TPSA) is 155 Å². The number of carbonyl (C=O) groups is 2. The highest BCUT2D eigenvalue weighted by atomic mass is 31.2. The first-order chi connectivity index (χ1) is 28.2. The van der Waals surface area contributed by atoms with Gasteiger partial charge in [0.2, 0.25) is 0 Å². The van der Waals surface area contributed by atoms with Crippen molar-refractivity contribution in [2.75, 3.05) is 26.4 Å². The lowest BCUT2D eigenvalue weighted by Crippen LogP contribution is -2.34. The van der Waals surface area contributed by atoms with Crippen molar-refractivity contribution in [3.05, 3.63) is 12.2 Å². The van der Waals surface area contributed by atoms with Crippen LogP contribution in [0.1, 0.15) is 239 Å². The Morgan fingerprint density at radius 3 is 1.31 bits per heavy atom. The van der Waals surface area contributed by atoms with Crippen molar-refractivity contribution < 1.29 is 42.7 Å². The molecule has 58 heavy (non-hydrogen) atoms. The maximum Gasteiger partial charge on any atom is 0.472 e. The average molecular weight is 846 g/mol. The number of ether oxygens (including phenoxy) is 2.